The number of nitrogens with one attached hydrogen (secondary N) is 3. The number of carbonyl (C=O) groups is 2. The van der Waals surface area contributed by atoms with Crippen molar-refractivity contribution in [2.75, 3.05) is 26.2 Å². The van der Waals surface area contributed by atoms with E-state index in [-0.39, 0.29) is 17.9 Å². The first-order chi connectivity index (χ1) is 9.25. The number of rotatable bonds is 6. The first kappa shape index (κ1) is 14.3. The van der Waals surface area contributed by atoms with Crippen molar-refractivity contribution in [3.05, 3.63) is 0 Å². The van der Waals surface area contributed by atoms with Crippen molar-refractivity contribution >= 4 is 11.8 Å². The molecule has 108 valence electrons. The number of piperidine rings is 1. The van der Waals surface area contributed by atoms with Crippen LogP contribution in [-0.2, 0) is 14.3 Å². The van der Waals surface area contributed by atoms with Gasteiger partial charge in [0.25, 0.3) is 0 Å². The SMILES string of the molecule is O=C1CCC(C(=O)NCCCOC2CCNCC2)N1. The van der Waals surface area contributed by atoms with Gasteiger partial charge in [0.15, 0.2) is 0 Å². The van der Waals surface area contributed by atoms with Gasteiger partial charge in [0.1, 0.15) is 6.04 Å². The summed E-state index contributed by atoms with van der Waals surface area (Å²) >= 11 is 0. The van der Waals surface area contributed by atoms with E-state index in [4.69, 9.17) is 4.74 Å². The third kappa shape index (κ3) is 4.80. The molecule has 0 aromatic heterocycles. The molecule has 0 saturated carbocycles. The van der Waals surface area contributed by atoms with Crippen LogP contribution in [0.2, 0.25) is 0 Å². The lowest BCUT2D eigenvalue weighted by Crippen LogP contribution is -2.42. The first-order valence-electron chi connectivity index (χ1n) is 7.15. The van der Waals surface area contributed by atoms with Gasteiger partial charge < -0.3 is 20.7 Å². The molecule has 2 aliphatic rings. The summed E-state index contributed by atoms with van der Waals surface area (Å²) in [5.74, 6) is -0.109. The lowest BCUT2D eigenvalue weighted by atomic mass is 10.1. The molecule has 0 aromatic rings. The maximum absolute atomic E-state index is 11.7. The summed E-state index contributed by atoms with van der Waals surface area (Å²) in [6, 6.07) is -0.335. The van der Waals surface area contributed by atoms with Crippen LogP contribution in [0.5, 0.6) is 0 Å². The summed E-state index contributed by atoms with van der Waals surface area (Å²) in [7, 11) is 0. The van der Waals surface area contributed by atoms with E-state index in [1.165, 1.54) is 0 Å². The summed E-state index contributed by atoms with van der Waals surface area (Å²) in [4.78, 5) is 22.7. The molecule has 2 heterocycles. The Morgan fingerprint density at radius 2 is 2.11 bits per heavy atom. The summed E-state index contributed by atoms with van der Waals surface area (Å²) in [6.07, 6.45) is 4.39. The number of carbonyl (C=O) groups excluding carboxylic acids is 2. The van der Waals surface area contributed by atoms with E-state index in [1.54, 1.807) is 0 Å². The zero-order valence-corrected chi connectivity index (χ0v) is 11.2. The van der Waals surface area contributed by atoms with Gasteiger partial charge >= 0.3 is 0 Å². The van der Waals surface area contributed by atoms with E-state index in [1.807, 2.05) is 0 Å². The minimum atomic E-state index is -0.335. The van der Waals surface area contributed by atoms with Crippen LogP contribution in [0, 0.1) is 0 Å². The molecular weight excluding hydrogens is 246 g/mol. The van der Waals surface area contributed by atoms with Crippen LogP contribution in [0.1, 0.15) is 32.1 Å². The average molecular weight is 269 g/mol. The van der Waals surface area contributed by atoms with Crippen LogP contribution < -0.4 is 16.0 Å². The fourth-order valence-electron chi connectivity index (χ4n) is 2.43. The number of hydrogen-bond acceptors (Lipinski definition) is 4. The van der Waals surface area contributed by atoms with Crippen molar-refractivity contribution in [1.29, 1.82) is 0 Å². The van der Waals surface area contributed by atoms with Crippen molar-refractivity contribution in [3.8, 4) is 0 Å². The highest BCUT2D eigenvalue weighted by atomic mass is 16.5. The van der Waals surface area contributed by atoms with Crippen molar-refractivity contribution < 1.29 is 14.3 Å². The van der Waals surface area contributed by atoms with Crippen molar-refractivity contribution in [2.24, 2.45) is 0 Å². The maximum Gasteiger partial charge on any atom is 0.242 e. The van der Waals surface area contributed by atoms with Gasteiger partial charge in [0.05, 0.1) is 6.10 Å². The Morgan fingerprint density at radius 1 is 1.32 bits per heavy atom. The van der Waals surface area contributed by atoms with Gasteiger partial charge in [-0.3, -0.25) is 9.59 Å². The van der Waals surface area contributed by atoms with Crippen LogP contribution in [-0.4, -0.2) is 50.2 Å². The lowest BCUT2D eigenvalue weighted by Gasteiger charge is -2.22. The minimum Gasteiger partial charge on any atom is -0.378 e. The molecule has 1 atom stereocenters. The molecule has 2 amide bonds. The predicted molar refractivity (Wildman–Crippen MR) is 70.6 cm³/mol. The van der Waals surface area contributed by atoms with E-state index in [0.29, 0.717) is 32.1 Å². The Kier molecular flexibility index (Phi) is 5.60. The number of hydrogen-bond donors (Lipinski definition) is 3. The Bertz CT molecular complexity index is 316. The third-order valence-electron chi connectivity index (χ3n) is 3.57. The van der Waals surface area contributed by atoms with Crippen LogP contribution >= 0.6 is 0 Å². The van der Waals surface area contributed by atoms with Gasteiger partial charge in [0.2, 0.25) is 11.8 Å². The van der Waals surface area contributed by atoms with Gasteiger partial charge in [-0.05, 0) is 38.8 Å². The molecule has 6 nitrogen and oxygen atoms in total. The molecule has 2 fully saturated rings. The van der Waals surface area contributed by atoms with Crippen LogP contribution in [0.3, 0.4) is 0 Å². The molecule has 1 unspecified atom stereocenters. The molecule has 2 rings (SSSR count). The standard InChI is InChI=1S/C13H23N3O3/c17-12-3-2-11(16-12)13(18)15-6-1-9-19-10-4-7-14-8-5-10/h10-11,14H,1-9H2,(H,15,18)(H,16,17). The first-order valence-corrected chi connectivity index (χ1v) is 7.15. The maximum atomic E-state index is 11.7. The molecule has 3 N–H and O–H groups in total. The highest BCUT2D eigenvalue weighted by Crippen LogP contribution is 2.08. The molecule has 0 bridgehead atoms. The van der Waals surface area contributed by atoms with Gasteiger partial charge in [0, 0.05) is 19.6 Å². The van der Waals surface area contributed by atoms with E-state index in [9.17, 15) is 9.59 Å². The molecule has 0 spiro atoms. The molecule has 0 radical (unpaired) electrons. The molecule has 2 aliphatic heterocycles. The highest BCUT2D eigenvalue weighted by molar-refractivity contribution is 5.90. The average Bonchev–Trinajstić information content (AvgIpc) is 2.86. The predicted octanol–water partition coefficient (Wildman–Crippen LogP) is -0.460. The lowest BCUT2D eigenvalue weighted by molar-refractivity contribution is -0.125. The quantitative estimate of drug-likeness (QED) is 0.570. The largest absolute Gasteiger partial charge is 0.378 e. The van der Waals surface area contributed by atoms with Crippen molar-refractivity contribution in [3.63, 3.8) is 0 Å². The van der Waals surface area contributed by atoms with Gasteiger partial charge in [-0.25, -0.2) is 0 Å². The topological polar surface area (TPSA) is 79.5 Å². The Labute approximate surface area is 113 Å². The van der Waals surface area contributed by atoms with Gasteiger partial charge in [-0.1, -0.05) is 0 Å². The Hall–Kier alpha value is -1.14. The molecule has 19 heavy (non-hydrogen) atoms. The molecular formula is C13H23N3O3. The monoisotopic (exact) mass is 269 g/mol. The molecule has 0 aromatic carbocycles. The number of amides is 2. The minimum absolute atomic E-state index is 0.0330. The second-order valence-corrected chi connectivity index (χ2v) is 5.12. The summed E-state index contributed by atoms with van der Waals surface area (Å²) in [6.45, 7) is 3.35. The summed E-state index contributed by atoms with van der Waals surface area (Å²) in [5, 5.41) is 8.79. The van der Waals surface area contributed by atoms with E-state index < -0.39 is 0 Å². The second-order valence-electron chi connectivity index (χ2n) is 5.12. The highest BCUT2D eigenvalue weighted by Gasteiger charge is 2.26. The zero-order chi connectivity index (χ0) is 13.5. The van der Waals surface area contributed by atoms with E-state index in [0.717, 1.165) is 32.4 Å². The fraction of sp³-hybridized carbons (Fsp3) is 0.846. The Morgan fingerprint density at radius 3 is 2.79 bits per heavy atom. The molecule has 6 heteroatoms. The van der Waals surface area contributed by atoms with Crippen LogP contribution in [0.15, 0.2) is 0 Å². The summed E-state index contributed by atoms with van der Waals surface area (Å²) in [5.41, 5.74) is 0. The molecule has 0 aliphatic carbocycles. The molecule has 2 saturated heterocycles. The normalized spacial score (nSPS) is 24.2. The van der Waals surface area contributed by atoms with E-state index >= 15 is 0 Å². The van der Waals surface area contributed by atoms with Crippen molar-refractivity contribution in [1.82, 2.24) is 16.0 Å². The van der Waals surface area contributed by atoms with Gasteiger partial charge in [-0.15, -0.1) is 0 Å². The fourth-order valence-corrected chi connectivity index (χ4v) is 2.43. The van der Waals surface area contributed by atoms with Crippen LogP contribution in [0.25, 0.3) is 0 Å². The smallest absolute Gasteiger partial charge is 0.242 e. The van der Waals surface area contributed by atoms with Crippen LogP contribution in [0.4, 0.5) is 0 Å². The van der Waals surface area contributed by atoms with E-state index in [2.05, 4.69) is 16.0 Å². The third-order valence-corrected chi connectivity index (χ3v) is 3.57. The summed E-state index contributed by atoms with van der Waals surface area (Å²) < 4.78 is 5.75. The number of ether oxygens (including phenoxy) is 1. The second kappa shape index (κ2) is 7.45. The zero-order valence-electron chi connectivity index (χ0n) is 11.2. The van der Waals surface area contributed by atoms with Crippen molar-refractivity contribution in [2.45, 2.75) is 44.2 Å². The Balaban J connectivity index is 1.49. The van der Waals surface area contributed by atoms with Gasteiger partial charge in [-0.2, -0.15) is 0 Å².